The minimum absolute atomic E-state index is 0. The molecule has 1 atom stereocenters. The number of rotatable bonds is 9. The number of nitrogens with one attached hydrogen (secondary N) is 2. The van der Waals surface area contributed by atoms with Gasteiger partial charge < -0.3 is 15.5 Å². The van der Waals surface area contributed by atoms with Crippen molar-refractivity contribution in [2.24, 2.45) is 10.9 Å². The maximum absolute atomic E-state index is 13.0. The zero-order chi connectivity index (χ0) is 21.2. The summed E-state index contributed by atoms with van der Waals surface area (Å²) in [6, 6.07) is 16.8. The third-order valence-corrected chi connectivity index (χ3v) is 5.28. The number of hydrogen-bond acceptors (Lipinski definition) is 2. The van der Waals surface area contributed by atoms with Crippen LogP contribution in [0.2, 0.25) is 0 Å². The van der Waals surface area contributed by atoms with Crippen molar-refractivity contribution in [3.8, 4) is 0 Å². The van der Waals surface area contributed by atoms with E-state index < -0.39 is 0 Å². The number of likely N-dealkylation sites (tertiary alicyclic amines) is 1. The summed E-state index contributed by atoms with van der Waals surface area (Å²) in [4.78, 5) is 19.0. The first kappa shape index (κ1) is 25.1. The highest BCUT2D eigenvalue weighted by molar-refractivity contribution is 14.0. The van der Waals surface area contributed by atoms with E-state index in [0.29, 0.717) is 19.5 Å². The Hall–Kier alpha value is -2.16. The number of carbonyl (C=O) groups excluding carboxylic acids is 1. The number of guanidine groups is 1. The van der Waals surface area contributed by atoms with E-state index >= 15 is 0 Å². The molecule has 1 aliphatic heterocycles. The van der Waals surface area contributed by atoms with Crippen molar-refractivity contribution in [1.29, 1.82) is 0 Å². The molecule has 1 saturated heterocycles. The molecule has 3 rings (SSSR count). The summed E-state index contributed by atoms with van der Waals surface area (Å²) < 4.78 is 13.0. The van der Waals surface area contributed by atoms with Crippen molar-refractivity contribution in [1.82, 2.24) is 15.5 Å². The van der Waals surface area contributed by atoms with Gasteiger partial charge in [-0.1, -0.05) is 42.5 Å². The van der Waals surface area contributed by atoms with Gasteiger partial charge in [0.1, 0.15) is 5.82 Å². The van der Waals surface area contributed by atoms with Crippen molar-refractivity contribution in [2.45, 2.75) is 26.2 Å². The summed E-state index contributed by atoms with van der Waals surface area (Å²) in [6.07, 6.45) is 2.24. The topological polar surface area (TPSA) is 56.7 Å². The molecule has 0 saturated carbocycles. The molecule has 1 unspecified atom stereocenters. The van der Waals surface area contributed by atoms with Crippen LogP contribution in [0.4, 0.5) is 4.39 Å². The average Bonchev–Trinajstić information content (AvgIpc) is 3.12. The number of carbonyl (C=O) groups is 1. The predicted molar refractivity (Wildman–Crippen MR) is 134 cm³/mol. The predicted octanol–water partition coefficient (Wildman–Crippen LogP) is 3.63. The van der Waals surface area contributed by atoms with Gasteiger partial charge >= 0.3 is 0 Å². The zero-order valence-corrected chi connectivity index (χ0v) is 20.3. The second kappa shape index (κ2) is 13.3. The lowest BCUT2D eigenvalue weighted by molar-refractivity contribution is -0.127. The molecule has 2 N–H and O–H groups in total. The summed E-state index contributed by atoms with van der Waals surface area (Å²) in [5, 5.41) is 6.57. The fraction of sp³-hybridized carbons (Fsp3) is 0.417. The summed E-state index contributed by atoms with van der Waals surface area (Å²) in [5.41, 5.74) is 2.33. The number of hydrogen-bond donors (Lipinski definition) is 2. The molecule has 0 bridgehead atoms. The van der Waals surface area contributed by atoms with Crippen molar-refractivity contribution >= 4 is 35.8 Å². The fourth-order valence-electron chi connectivity index (χ4n) is 3.64. The SMILES string of the molecule is CCNC(=NCC1CC(=O)N(CCc2ccccc2)C1)NCCc1ccc(F)cc1.I. The molecule has 2 aromatic carbocycles. The molecule has 1 aliphatic rings. The molecule has 0 aliphatic carbocycles. The van der Waals surface area contributed by atoms with Crippen molar-refractivity contribution < 1.29 is 9.18 Å². The van der Waals surface area contributed by atoms with Crippen LogP contribution in [-0.4, -0.2) is 49.5 Å². The van der Waals surface area contributed by atoms with Gasteiger partial charge in [-0.2, -0.15) is 0 Å². The summed E-state index contributed by atoms with van der Waals surface area (Å²) in [5.74, 6) is 1.02. The molecule has 2 aromatic rings. The van der Waals surface area contributed by atoms with Crippen LogP contribution in [0, 0.1) is 11.7 Å². The lowest BCUT2D eigenvalue weighted by atomic mass is 10.1. The quantitative estimate of drug-likeness (QED) is 0.292. The lowest BCUT2D eigenvalue weighted by Gasteiger charge is -2.16. The Balaban J connectivity index is 0.00000341. The van der Waals surface area contributed by atoms with Crippen LogP contribution in [-0.2, 0) is 17.6 Å². The maximum Gasteiger partial charge on any atom is 0.223 e. The maximum atomic E-state index is 13.0. The van der Waals surface area contributed by atoms with Gasteiger partial charge in [-0.15, -0.1) is 24.0 Å². The standard InChI is InChI=1S/C24H31FN4O.HI/c1-2-26-24(27-14-12-20-8-10-22(25)11-9-20)28-17-21-16-23(30)29(18-21)15-13-19-6-4-3-5-7-19;/h3-11,21H,2,12-18H2,1H3,(H2,26,27,28);1H. The number of aliphatic imine (C=N–C) groups is 1. The molecular weight excluding hydrogens is 506 g/mol. The van der Waals surface area contributed by atoms with Crippen LogP contribution in [0.25, 0.3) is 0 Å². The summed E-state index contributed by atoms with van der Waals surface area (Å²) in [6.45, 7) is 5.67. The molecule has 1 amide bonds. The molecule has 5 nitrogen and oxygen atoms in total. The Labute approximate surface area is 201 Å². The Kier molecular flexibility index (Phi) is 10.8. The first-order valence-electron chi connectivity index (χ1n) is 10.7. The summed E-state index contributed by atoms with van der Waals surface area (Å²) in [7, 11) is 0. The molecular formula is C24H32FIN4O. The van der Waals surface area contributed by atoms with Gasteiger partial charge in [0.2, 0.25) is 5.91 Å². The Morgan fingerprint density at radius 1 is 1.06 bits per heavy atom. The number of amides is 1. The van der Waals surface area contributed by atoms with Gasteiger partial charge in [0.25, 0.3) is 0 Å². The van der Waals surface area contributed by atoms with E-state index in [1.165, 1.54) is 17.7 Å². The van der Waals surface area contributed by atoms with Crippen LogP contribution in [0.5, 0.6) is 0 Å². The van der Waals surface area contributed by atoms with Crippen LogP contribution in [0.3, 0.4) is 0 Å². The Morgan fingerprint density at radius 3 is 2.48 bits per heavy atom. The van der Waals surface area contributed by atoms with Gasteiger partial charge in [0, 0.05) is 45.1 Å². The normalized spacial score (nSPS) is 16.2. The first-order chi connectivity index (χ1) is 14.6. The third kappa shape index (κ3) is 8.47. The largest absolute Gasteiger partial charge is 0.357 e. The van der Waals surface area contributed by atoms with Crippen molar-refractivity contribution in [3.63, 3.8) is 0 Å². The van der Waals surface area contributed by atoms with Crippen LogP contribution in [0.15, 0.2) is 59.6 Å². The molecule has 168 valence electrons. The molecule has 31 heavy (non-hydrogen) atoms. The minimum Gasteiger partial charge on any atom is -0.357 e. The van der Waals surface area contributed by atoms with Crippen molar-refractivity contribution in [2.75, 3.05) is 32.7 Å². The van der Waals surface area contributed by atoms with Gasteiger partial charge in [-0.3, -0.25) is 9.79 Å². The van der Waals surface area contributed by atoms with E-state index in [0.717, 1.165) is 44.0 Å². The van der Waals surface area contributed by atoms with Crippen molar-refractivity contribution in [3.05, 3.63) is 71.5 Å². The number of halogens is 2. The highest BCUT2D eigenvalue weighted by atomic mass is 127. The summed E-state index contributed by atoms with van der Waals surface area (Å²) >= 11 is 0. The second-order valence-electron chi connectivity index (χ2n) is 7.67. The second-order valence-corrected chi connectivity index (χ2v) is 7.67. The molecule has 1 heterocycles. The van der Waals surface area contributed by atoms with Crippen LogP contribution in [0.1, 0.15) is 24.5 Å². The molecule has 0 radical (unpaired) electrons. The van der Waals surface area contributed by atoms with E-state index in [4.69, 9.17) is 0 Å². The molecule has 7 heteroatoms. The lowest BCUT2D eigenvalue weighted by Crippen LogP contribution is -2.38. The van der Waals surface area contributed by atoms with E-state index in [9.17, 15) is 9.18 Å². The van der Waals surface area contributed by atoms with Gasteiger partial charge in [-0.05, 0) is 43.0 Å². The number of nitrogens with zero attached hydrogens (tertiary/aromatic N) is 2. The fourth-order valence-corrected chi connectivity index (χ4v) is 3.64. The Morgan fingerprint density at radius 2 is 1.77 bits per heavy atom. The molecule has 0 aromatic heterocycles. The van der Waals surface area contributed by atoms with E-state index in [1.54, 1.807) is 12.1 Å². The monoisotopic (exact) mass is 538 g/mol. The average molecular weight is 538 g/mol. The smallest absolute Gasteiger partial charge is 0.223 e. The molecule has 1 fully saturated rings. The highest BCUT2D eigenvalue weighted by Crippen LogP contribution is 2.18. The first-order valence-corrected chi connectivity index (χ1v) is 10.7. The van der Waals surface area contributed by atoms with Crippen LogP contribution >= 0.6 is 24.0 Å². The van der Waals surface area contributed by atoms with E-state index in [1.807, 2.05) is 30.0 Å². The number of benzene rings is 2. The van der Waals surface area contributed by atoms with E-state index in [2.05, 4.69) is 27.8 Å². The third-order valence-electron chi connectivity index (χ3n) is 5.28. The van der Waals surface area contributed by atoms with Gasteiger partial charge in [0.15, 0.2) is 5.96 Å². The minimum atomic E-state index is -0.217. The van der Waals surface area contributed by atoms with Gasteiger partial charge in [0.05, 0.1) is 0 Å². The zero-order valence-electron chi connectivity index (χ0n) is 18.0. The van der Waals surface area contributed by atoms with Crippen LogP contribution < -0.4 is 10.6 Å². The van der Waals surface area contributed by atoms with Gasteiger partial charge in [-0.25, -0.2) is 4.39 Å². The molecule has 0 spiro atoms. The van der Waals surface area contributed by atoms with E-state index in [-0.39, 0.29) is 41.6 Å². The highest BCUT2D eigenvalue weighted by Gasteiger charge is 2.28. The Bertz CT molecular complexity index is 829.